The summed E-state index contributed by atoms with van der Waals surface area (Å²) in [7, 11) is 0. The van der Waals surface area contributed by atoms with Gasteiger partial charge in [-0.1, -0.05) is 0 Å². The van der Waals surface area contributed by atoms with Crippen molar-refractivity contribution in [1.82, 2.24) is 0 Å². The molecule has 4 nitrogen and oxygen atoms in total. The van der Waals surface area contributed by atoms with Gasteiger partial charge in [-0.25, -0.2) is 0 Å². The Balaban J connectivity index is 3.01. The summed E-state index contributed by atoms with van der Waals surface area (Å²) in [5.41, 5.74) is 4.78. The van der Waals surface area contributed by atoms with Crippen LogP contribution in [0.25, 0.3) is 0 Å². The molecule has 3 N–H and O–H groups in total. The standard InChI is InChI=1S/C5H11NO3/c1-4(7)9-3-2-5(6)8/h4,7H,2-3H2,1H3,(H2,6,8). The first-order valence-electron chi connectivity index (χ1n) is 2.71. The van der Waals surface area contributed by atoms with Crippen LogP contribution >= 0.6 is 0 Å². The Labute approximate surface area is 53.6 Å². The van der Waals surface area contributed by atoms with Crippen molar-refractivity contribution >= 4 is 5.91 Å². The molecule has 9 heavy (non-hydrogen) atoms. The Bertz CT molecular complexity index is 92.2. The van der Waals surface area contributed by atoms with E-state index in [1.165, 1.54) is 6.92 Å². The zero-order valence-electron chi connectivity index (χ0n) is 5.33. The summed E-state index contributed by atoms with van der Waals surface area (Å²) in [5.74, 6) is -0.421. The van der Waals surface area contributed by atoms with Gasteiger partial charge in [-0.05, 0) is 6.92 Å². The SMILES string of the molecule is CC(O)OCCC(N)=O. The van der Waals surface area contributed by atoms with E-state index >= 15 is 0 Å². The third-order valence-corrected chi connectivity index (χ3v) is 0.708. The normalized spacial score (nSPS) is 13.1. The Hall–Kier alpha value is -0.610. The van der Waals surface area contributed by atoms with Crippen LogP contribution < -0.4 is 5.73 Å². The molecule has 0 aromatic carbocycles. The van der Waals surface area contributed by atoms with Crippen LogP contribution in [0, 0.1) is 0 Å². The van der Waals surface area contributed by atoms with Gasteiger partial charge < -0.3 is 15.6 Å². The van der Waals surface area contributed by atoms with Crippen molar-refractivity contribution in [1.29, 1.82) is 0 Å². The zero-order chi connectivity index (χ0) is 7.28. The molecular formula is C5H11NO3. The van der Waals surface area contributed by atoms with E-state index in [1.807, 2.05) is 0 Å². The summed E-state index contributed by atoms with van der Waals surface area (Å²) in [5, 5.41) is 8.49. The molecule has 54 valence electrons. The summed E-state index contributed by atoms with van der Waals surface area (Å²) in [6, 6.07) is 0. The van der Waals surface area contributed by atoms with Crippen LogP contribution in [0.5, 0.6) is 0 Å². The number of carbonyl (C=O) groups is 1. The van der Waals surface area contributed by atoms with Crippen LogP contribution in [0.3, 0.4) is 0 Å². The minimum atomic E-state index is -0.815. The van der Waals surface area contributed by atoms with E-state index in [9.17, 15) is 4.79 Å². The summed E-state index contributed by atoms with van der Waals surface area (Å²) < 4.78 is 4.61. The van der Waals surface area contributed by atoms with Crippen LogP contribution in [0.4, 0.5) is 0 Å². The molecule has 1 atom stereocenters. The number of rotatable bonds is 4. The van der Waals surface area contributed by atoms with Crippen molar-refractivity contribution in [2.24, 2.45) is 5.73 Å². The molecule has 0 aliphatic heterocycles. The monoisotopic (exact) mass is 133 g/mol. The number of primary amides is 1. The number of aliphatic hydroxyl groups is 1. The van der Waals surface area contributed by atoms with E-state index < -0.39 is 12.2 Å². The molecule has 0 fully saturated rings. The third kappa shape index (κ3) is 7.39. The van der Waals surface area contributed by atoms with Crippen molar-refractivity contribution in [2.45, 2.75) is 19.6 Å². The lowest BCUT2D eigenvalue weighted by molar-refractivity contribution is -0.123. The lowest BCUT2D eigenvalue weighted by Gasteiger charge is -2.03. The van der Waals surface area contributed by atoms with Crippen LogP contribution in [0.2, 0.25) is 0 Å². The molecule has 0 aromatic heterocycles. The predicted octanol–water partition coefficient (Wildman–Crippen LogP) is -0.783. The van der Waals surface area contributed by atoms with Gasteiger partial charge in [0.1, 0.15) is 0 Å². The minimum Gasteiger partial charge on any atom is -0.370 e. The molecule has 0 radical (unpaired) electrons. The Morgan fingerprint density at radius 1 is 1.89 bits per heavy atom. The highest BCUT2D eigenvalue weighted by molar-refractivity contribution is 5.73. The summed E-state index contributed by atoms with van der Waals surface area (Å²) in [6.45, 7) is 1.66. The number of aliphatic hydroxyl groups excluding tert-OH is 1. The van der Waals surface area contributed by atoms with Gasteiger partial charge >= 0.3 is 0 Å². The highest BCUT2D eigenvalue weighted by Gasteiger charge is 1.96. The van der Waals surface area contributed by atoms with Gasteiger partial charge in [0.05, 0.1) is 6.61 Å². The van der Waals surface area contributed by atoms with Gasteiger partial charge in [-0.15, -0.1) is 0 Å². The van der Waals surface area contributed by atoms with Crippen LogP contribution in [0.15, 0.2) is 0 Å². The quantitative estimate of drug-likeness (QED) is 0.494. The van der Waals surface area contributed by atoms with E-state index in [1.54, 1.807) is 0 Å². The summed E-state index contributed by atoms with van der Waals surface area (Å²) >= 11 is 0. The first-order chi connectivity index (χ1) is 4.13. The topological polar surface area (TPSA) is 72.6 Å². The maximum atomic E-state index is 10.0. The zero-order valence-corrected chi connectivity index (χ0v) is 5.33. The molecule has 0 rings (SSSR count). The van der Waals surface area contributed by atoms with Gasteiger partial charge in [-0.3, -0.25) is 4.79 Å². The molecular weight excluding hydrogens is 122 g/mol. The molecule has 1 amide bonds. The van der Waals surface area contributed by atoms with Crippen molar-refractivity contribution in [3.63, 3.8) is 0 Å². The molecule has 0 bridgehead atoms. The fraction of sp³-hybridized carbons (Fsp3) is 0.800. The fourth-order valence-corrected chi connectivity index (χ4v) is 0.330. The van der Waals surface area contributed by atoms with Gasteiger partial charge in [-0.2, -0.15) is 0 Å². The summed E-state index contributed by atoms with van der Waals surface area (Å²) in [6.07, 6.45) is -0.658. The average Bonchev–Trinajstić information content (AvgIpc) is 1.63. The lowest BCUT2D eigenvalue weighted by Crippen LogP contribution is -2.16. The highest BCUT2D eigenvalue weighted by Crippen LogP contribution is 1.85. The van der Waals surface area contributed by atoms with Crippen molar-refractivity contribution in [3.8, 4) is 0 Å². The maximum Gasteiger partial charge on any atom is 0.219 e. The van der Waals surface area contributed by atoms with Gasteiger partial charge in [0, 0.05) is 6.42 Å². The number of hydrogen-bond acceptors (Lipinski definition) is 3. The number of nitrogens with two attached hydrogens (primary N) is 1. The number of hydrogen-bond donors (Lipinski definition) is 2. The van der Waals surface area contributed by atoms with E-state index in [0.29, 0.717) is 0 Å². The molecule has 0 aromatic rings. The van der Waals surface area contributed by atoms with E-state index in [4.69, 9.17) is 10.8 Å². The van der Waals surface area contributed by atoms with Gasteiger partial charge in [0.15, 0.2) is 6.29 Å². The number of amides is 1. The molecule has 0 saturated carbocycles. The summed E-state index contributed by atoms with van der Waals surface area (Å²) in [4.78, 5) is 10.0. The molecule has 0 heterocycles. The van der Waals surface area contributed by atoms with Crippen molar-refractivity contribution in [3.05, 3.63) is 0 Å². The molecule has 0 spiro atoms. The Morgan fingerprint density at radius 3 is 2.78 bits per heavy atom. The molecule has 0 saturated heterocycles. The van der Waals surface area contributed by atoms with E-state index in [-0.39, 0.29) is 13.0 Å². The Kier molecular flexibility index (Phi) is 4.00. The smallest absolute Gasteiger partial charge is 0.219 e. The molecule has 0 aliphatic rings. The van der Waals surface area contributed by atoms with Gasteiger partial charge in [0.25, 0.3) is 0 Å². The Morgan fingerprint density at radius 2 is 2.44 bits per heavy atom. The second-order valence-electron chi connectivity index (χ2n) is 1.69. The lowest BCUT2D eigenvalue weighted by atomic mass is 10.4. The van der Waals surface area contributed by atoms with E-state index in [2.05, 4.69) is 4.74 Å². The first-order valence-corrected chi connectivity index (χ1v) is 2.71. The van der Waals surface area contributed by atoms with Crippen LogP contribution in [0.1, 0.15) is 13.3 Å². The second-order valence-corrected chi connectivity index (χ2v) is 1.69. The van der Waals surface area contributed by atoms with Crippen molar-refractivity contribution in [2.75, 3.05) is 6.61 Å². The maximum absolute atomic E-state index is 10.0. The molecule has 4 heteroatoms. The molecule has 0 aliphatic carbocycles. The fourth-order valence-electron chi connectivity index (χ4n) is 0.330. The largest absolute Gasteiger partial charge is 0.370 e. The van der Waals surface area contributed by atoms with E-state index in [0.717, 1.165) is 0 Å². The predicted molar refractivity (Wildman–Crippen MR) is 31.4 cm³/mol. The first kappa shape index (κ1) is 8.39. The van der Waals surface area contributed by atoms with Crippen LogP contribution in [-0.4, -0.2) is 23.9 Å². The highest BCUT2D eigenvalue weighted by atomic mass is 16.6. The van der Waals surface area contributed by atoms with Crippen LogP contribution in [-0.2, 0) is 9.53 Å². The second kappa shape index (κ2) is 4.29. The average molecular weight is 133 g/mol. The molecule has 1 unspecified atom stereocenters. The third-order valence-electron chi connectivity index (χ3n) is 0.708. The number of ether oxygens (including phenoxy) is 1. The van der Waals surface area contributed by atoms with Gasteiger partial charge in [0.2, 0.25) is 5.91 Å². The number of carbonyl (C=O) groups excluding carboxylic acids is 1. The van der Waals surface area contributed by atoms with Crippen molar-refractivity contribution < 1.29 is 14.6 Å². The minimum absolute atomic E-state index is 0.158.